The van der Waals surface area contributed by atoms with Gasteiger partial charge in [-0.1, -0.05) is 19.1 Å². The molecular weight excluding hydrogens is 202 g/mol. The Labute approximate surface area is 93.7 Å². The summed E-state index contributed by atoms with van der Waals surface area (Å²) in [6.07, 6.45) is 4.29. The van der Waals surface area contributed by atoms with Crippen molar-refractivity contribution in [3.05, 3.63) is 29.2 Å². The Bertz CT molecular complexity index is 595. The molecular formula is C13H13NO2. The summed E-state index contributed by atoms with van der Waals surface area (Å²) < 4.78 is 10.9. The summed E-state index contributed by atoms with van der Waals surface area (Å²) in [4.78, 5) is 4.46. The van der Waals surface area contributed by atoms with E-state index in [0.717, 1.165) is 16.8 Å². The summed E-state index contributed by atoms with van der Waals surface area (Å²) in [5.41, 5.74) is 4.12. The first-order valence-corrected chi connectivity index (χ1v) is 5.37. The van der Waals surface area contributed by atoms with Crippen molar-refractivity contribution in [2.75, 3.05) is 7.11 Å². The van der Waals surface area contributed by atoms with E-state index in [1.807, 2.05) is 13.0 Å². The van der Waals surface area contributed by atoms with E-state index in [0.29, 0.717) is 11.8 Å². The van der Waals surface area contributed by atoms with Gasteiger partial charge in [0.15, 0.2) is 17.2 Å². The van der Waals surface area contributed by atoms with Crippen molar-refractivity contribution in [3.8, 4) is 5.75 Å². The summed E-state index contributed by atoms with van der Waals surface area (Å²) in [5.74, 6) is 1.84. The lowest BCUT2D eigenvalue weighted by Gasteiger charge is -2.07. The van der Waals surface area contributed by atoms with Crippen LogP contribution in [0.3, 0.4) is 0 Å². The van der Waals surface area contributed by atoms with Gasteiger partial charge in [0.2, 0.25) is 0 Å². The third kappa shape index (κ3) is 1.11. The molecule has 0 spiro atoms. The molecule has 0 fully saturated rings. The van der Waals surface area contributed by atoms with Gasteiger partial charge in [-0.2, -0.15) is 0 Å². The number of benzene rings is 1. The smallest absolute Gasteiger partial charge is 0.196 e. The molecule has 1 aliphatic rings. The first kappa shape index (κ1) is 9.46. The van der Waals surface area contributed by atoms with Gasteiger partial charge in [-0.3, -0.25) is 0 Å². The largest absolute Gasteiger partial charge is 0.493 e. The van der Waals surface area contributed by atoms with Crippen LogP contribution in [0.1, 0.15) is 29.9 Å². The molecule has 1 atom stereocenters. The molecule has 1 aromatic carbocycles. The predicted octanol–water partition coefficient (Wildman–Crippen LogP) is 3.28. The Morgan fingerprint density at radius 3 is 3.00 bits per heavy atom. The fraction of sp³-hybridized carbons (Fsp3) is 0.308. The highest BCUT2D eigenvalue weighted by molar-refractivity contribution is 5.89. The Hall–Kier alpha value is -1.77. The average molecular weight is 215 g/mol. The van der Waals surface area contributed by atoms with Crippen molar-refractivity contribution < 1.29 is 9.15 Å². The number of ether oxygens (including phenoxy) is 1. The Balaban J connectivity index is 2.43. The third-order valence-corrected chi connectivity index (χ3v) is 3.05. The van der Waals surface area contributed by atoms with Gasteiger partial charge in [-0.25, -0.2) is 4.98 Å². The zero-order valence-electron chi connectivity index (χ0n) is 9.57. The van der Waals surface area contributed by atoms with Crippen molar-refractivity contribution in [2.24, 2.45) is 0 Å². The fourth-order valence-electron chi connectivity index (χ4n) is 2.31. The van der Waals surface area contributed by atoms with Gasteiger partial charge in [0, 0.05) is 12.8 Å². The standard InChI is InChI=1S/C13H13NO2/c1-7-4-5-9-6-10(15-3)13-12(11(7)9)14-8(2)16-13/h4-7H,1-3H3. The number of rotatable bonds is 1. The molecule has 16 heavy (non-hydrogen) atoms. The summed E-state index contributed by atoms with van der Waals surface area (Å²) in [6.45, 7) is 4.02. The molecule has 82 valence electrons. The number of fused-ring (bicyclic) bond motifs is 3. The molecule has 2 aromatic rings. The van der Waals surface area contributed by atoms with Crippen molar-refractivity contribution in [1.29, 1.82) is 0 Å². The molecule has 0 amide bonds. The second-order valence-corrected chi connectivity index (χ2v) is 4.14. The summed E-state index contributed by atoms with van der Waals surface area (Å²) in [5, 5.41) is 0. The van der Waals surface area contributed by atoms with Crippen molar-refractivity contribution in [3.63, 3.8) is 0 Å². The summed E-state index contributed by atoms with van der Waals surface area (Å²) in [6, 6.07) is 2.02. The number of aryl methyl sites for hydroxylation is 1. The molecule has 0 bridgehead atoms. The highest BCUT2D eigenvalue weighted by Gasteiger charge is 2.22. The molecule has 3 rings (SSSR count). The lowest BCUT2D eigenvalue weighted by atomic mass is 10.0. The van der Waals surface area contributed by atoms with Gasteiger partial charge < -0.3 is 9.15 Å². The van der Waals surface area contributed by atoms with E-state index >= 15 is 0 Å². The van der Waals surface area contributed by atoms with E-state index in [1.165, 1.54) is 11.1 Å². The van der Waals surface area contributed by atoms with Crippen LogP contribution in [0.25, 0.3) is 17.2 Å². The van der Waals surface area contributed by atoms with E-state index in [-0.39, 0.29) is 0 Å². The quantitative estimate of drug-likeness (QED) is 0.732. The fourth-order valence-corrected chi connectivity index (χ4v) is 2.31. The van der Waals surface area contributed by atoms with Gasteiger partial charge in [-0.15, -0.1) is 0 Å². The zero-order chi connectivity index (χ0) is 11.3. The Morgan fingerprint density at radius 1 is 1.44 bits per heavy atom. The van der Waals surface area contributed by atoms with Crippen LogP contribution in [0.4, 0.5) is 0 Å². The SMILES string of the molecule is COc1cc2c(c3nc(C)oc13)C(C)C=C2. The highest BCUT2D eigenvalue weighted by Crippen LogP contribution is 2.40. The minimum absolute atomic E-state index is 0.396. The number of methoxy groups -OCH3 is 1. The van der Waals surface area contributed by atoms with Gasteiger partial charge in [0.05, 0.1) is 7.11 Å². The molecule has 0 aliphatic heterocycles. The summed E-state index contributed by atoms with van der Waals surface area (Å²) in [7, 11) is 1.65. The predicted molar refractivity (Wildman–Crippen MR) is 62.7 cm³/mol. The van der Waals surface area contributed by atoms with Crippen LogP contribution in [0, 0.1) is 6.92 Å². The minimum Gasteiger partial charge on any atom is -0.493 e. The highest BCUT2D eigenvalue weighted by atomic mass is 16.5. The van der Waals surface area contributed by atoms with Crippen LogP contribution in [-0.4, -0.2) is 12.1 Å². The van der Waals surface area contributed by atoms with Crippen LogP contribution in [-0.2, 0) is 0 Å². The molecule has 0 saturated heterocycles. The van der Waals surface area contributed by atoms with Crippen molar-refractivity contribution in [2.45, 2.75) is 19.8 Å². The van der Waals surface area contributed by atoms with Crippen molar-refractivity contribution >= 4 is 17.2 Å². The van der Waals surface area contributed by atoms with Gasteiger partial charge in [0.1, 0.15) is 5.52 Å². The molecule has 1 aliphatic carbocycles. The Morgan fingerprint density at radius 2 is 2.25 bits per heavy atom. The van der Waals surface area contributed by atoms with Crippen LogP contribution in [0.15, 0.2) is 16.6 Å². The van der Waals surface area contributed by atoms with Crippen LogP contribution < -0.4 is 4.74 Å². The number of allylic oxidation sites excluding steroid dienone is 1. The summed E-state index contributed by atoms with van der Waals surface area (Å²) >= 11 is 0. The van der Waals surface area contributed by atoms with Crippen LogP contribution in [0.2, 0.25) is 0 Å². The van der Waals surface area contributed by atoms with Gasteiger partial charge >= 0.3 is 0 Å². The van der Waals surface area contributed by atoms with E-state index in [4.69, 9.17) is 9.15 Å². The number of nitrogens with zero attached hydrogens (tertiary/aromatic N) is 1. The normalized spacial score (nSPS) is 18.1. The van der Waals surface area contributed by atoms with Crippen LogP contribution in [0.5, 0.6) is 5.75 Å². The number of hydrogen-bond donors (Lipinski definition) is 0. The second kappa shape index (κ2) is 3.11. The second-order valence-electron chi connectivity index (χ2n) is 4.14. The maximum Gasteiger partial charge on any atom is 0.196 e. The van der Waals surface area contributed by atoms with Crippen molar-refractivity contribution in [1.82, 2.24) is 4.98 Å². The molecule has 1 heterocycles. The minimum atomic E-state index is 0.396. The molecule has 1 unspecified atom stereocenters. The maximum atomic E-state index is 5.60. The maximum absolute atomic E-state index is 5.60. The molecule has 0 N–H and O–H groups in total. The van der Waals surface area contributed by atoms with E-state index in [2.05, 4.69) is 24.1 Å². The van der Waals surface area contributed by atoms with Gasteiger partial charge in [-0.05, 0) is 17.2 Å². The lowest BCUT2D eigenvalue weighted by molar-refractivity contribution is 0.408. The third-order valence-electron chi connectivity index (χ3n) is 3.05. The van der Waals surface area contributed by atoms with Gasteiger partial charge in [0.25, 0.3) is 0 Å². The molecule has 3 nitrogen and oxygen atoms in total. The monoisotopic (exact) mass is 215 g/mol. The number of oxazole rings is 1. The zero-order valence-corrected chi connectivity index (χ0v) is 9.57. The molecule has 1 aromatic heterocycles. The lowest BCUT2D eigenvalue weighted by Crippen LogP contribution is -1.92. The molecule has 0 radical (unpaired) electrons. The van der Waals surface area contributed by atoms with E-state index < -0.39 is 0 Å². The Kier molecular flexibility index (Phi) is 1.84. The topological polar surface area (TPSA) is 35.3 Å². The first-order chi connectivity index (χ1) is 7.70. The number of aromatic nitrogens is 1. The first-order valence-electron chi connectivity index (χ1n) is 5.37. The number of hydrogen-bond acceptors (Lipinski definition) is 3. The van der Waals surface area contributed by atoms with E-state index in [1.54, 1.807) is 7.11 Å². The average Bonchev–Trinajstić information content (AvgIpc) is 2.80. The van der Waals surface area contributed by atoms with E-state index in [9.17, 15) is 0 Å². The van der Waals surface area contributed by atoms with Crippen LogP contribution >= 0.6 is 0 Å². The molecule has 3 heteroatoms. The molecule has 0 saturated carbocycles.